The normalized spacial score (nSPS) is 12.3. The number of rotatable bonds is 5. The first kappa shape index (κ1) is 11.5. The van der Waals surface area contributed by atoms with Gasteiger partial charge in [0.2, 0.25) is 0 Å². The molecule has 17 heavy (non-hydrogen) atoms. The first-order valence-corrected chi connectivity index (χ1v) is 5.30. The molecule has 0 spiro atoms. The molecule has 0 fully saturated rings. The van der Waals surface area contributed by atoms with Crippen molar-refractivity contribution in [2.24, 2.45) is 0 Å². The molecule has 2 aromatic rings. The molecule has 2 heterocycles. The second-order valence-corrected chi connectivity index (χ2v) is 3.55. The van der Waals surface area contributed by atoms with Gasteiger partial charge in [0, 0.05) is 6.54 Å². The van der Waals surface area contributed by atoms with Crippen LogP contribution in [0.1, 0.15) is 28.8 Å². The second kappa shape index (κ2) is 5.36. The molecular formula is C12H13NO4. The van der Waals surface area contributed by atoms with Crippen LogP contribution in [0.4, 0.5) is 0 Å². The summed E-state index contributed by atoms with van der Waals surface area (Å²) < 4.78 is 9.98. The summed E-state index contributed by atoms with van der Waals surface area (Å²) in [6.45, 7) is 0.349. The quantitative estimate of drug-likeness (QED) is 0.827. The van der Waals surface area contributed by atoms with Crippen LogP contribution < -0.4 is 5.32 Å². The van der Waals surface area contributed by atoms with E-state index in [1.165, 1.54) is 12.5 Å². The van der Waals surface area contributed by atoms with Crippen molar-refractivity contribution in [3.05, 3.63) is 48.3 Å². The molecule has 0 aliphatic rings. The summed E-state index contributed by atoms with van der Waals surface area (Å²) in [4.78, 5) is 11.5. The minimum absolute atomic E-state index is 0.262. The molecule has 2 aromatic heterocycles. The van der Waals surface area contributed by atoms with Crippen molar-refractivity contribution >= 4 is 5.91 Å². The van der Waals surface area contributed by atoms with Crippen LogP contribution in [0, 0.1) is 0 Å². The Morgan fingerprint density at radius 1 is 1.29 bits per heavy atom. The fraction of sp³-hybridized carbons (Fsp3) is 0.250. The molecule has 0 unspecified atom stereocenters. The molecular weight excluding hydrogens is 222 g/mol. The Hall–Kier alpha value is -2.01. The van der Waals surface area contributed by atoms with Crippen molar-refractivity contribution < 1.29 is 18.7 Å². The maximum atomic E-state index is 11.5. The van der Waals surface area contributed by atoms with Gasteiger partial charge >= 0.3 is 0 Å². The van der Waals surface area contributed by atoms with E-state index >= 15 is 0 Å². The summed E-state index contributed by atoms with van der Waals surface area (Å²) >= 11 is 0. The summed E-state index contributed by atoms with van der Waals surface area (Å²) in [6.07, 6.45) is 2.62. The number of carbonyl (C=O) groups is 1. The van der Waals surface area contributed by atoms with Gasteiger partial charge in [-0.25, -0.2) is 0 Å². The lowest BCUT2D eigenvalue weighted by atomic mass is 10.2. The average Bonchev–Trinajstić information content (AvgIpc) is 3.02. The van der Waals surface area contributed by atoms with E-state index in [4.69, 9.17) is 8.83 Å². The van der Waals surface area contributed by atoms with E-state index in [9.17, 15) is 9.90 Å². The molecule has 1 atom stereocenters. The van der Waals surface area contributed by atoms with Gasteiger partial charge in [-0.3, -0.25) is 4.79 Å². The lowest BCUT2D eigenvalue weighted by Gasteiger charge is -2.07. The predicted octanol–water partition coefficient (Wildman–Crippen LogP) is 1.73. The van der Waals surface area contributed by atoms with Crippen molar-refractivity contribution in [1.82, 2.24) is 5.32 Å². The van der Waals surface area contributed by atoms with Gasteiger partial charge in [-0.05, 0) is 30.7 Å². The van der Waals surface area contributed by atoms with E-state index in [0.29, 0.717) is 18.7 Å². The van der Waals surface area contributed by atoms with Gasteiger partial charge in [-0.1, -0.05) is 0 Å². The summed E-state index contributed by atoms with van der Waals surface area (Å²) in [7, 11) is 0. The molecule has 0 radical (unpaired) electrons. The molecule has 0 bridgehead atoms. The number of aliphatic hydroxyl groups excluding tert-OH is 1. The van der Waals surface area contributed by atoms with E-state index in [-0.39, 0.29) is 11.7 Å². The molecule has 0 saturated carbocycles. The van der Waals surface area contributed by atoms with Crippen molar-refractivity contribution in [2.45, 2.75) is 12.5 Å². The monoisotopic (exact) mass is 235 g/mol. The maximum absolute atomic E-state index is 11.5. The van der Waals surface area contributed by atoms with E-state index in [0.717, 1.165) is 0 Å². The maximum Gasteiger partial charge on any atom is 0.286 e. The molecule has 0 aliphatic carbocycles. The Labute approximate surface area is 98.0 Å². The Morgan fingerprint density at radius 3 is 2.71 bits per heavy atom. The molecule has 0 aliphatic heterocycles. The number of aliphatic hydroxyl groups is 1. The summed E-state index contributed by atoms with van der Waals surface area (Å²) in [5.74, 6) is 0.469. The lowest BCUT2D eigenvalue weighted by molar-refractivity contribution is 0.0909. The number of hydrogen-bond acceptors (Lipinski definition) is 4. The van der Waals surface area contributed by atoms with Crippen LogP contribution in [0.15, 0.2) is 45.6 Å². The van der Waals surface area contributed by atoms with Gasteiger partial charge < -0.3 is 19.3 Å². The molecule has 0 saturated heterocycles. The van der Waals surface area contributed by atoms with E-state index in [2.05, 4.69) is 5.32 Å². The largest absolute Gasteiger partial charge is 0.467 e. The van der Waals surface area contributed by atoms with Crippen LogP contribution in [0.2, 0.25) is 0 Å². The van der Waals surface area contributed by atoms with E-state index < -0.39 is 6.10 Å². The molecule has 0 aromatic carbocycles. The molecule has 5 nitrogen and oxygen atoms in total. The summed E-state index contributed by atoms with van der Waals surface area (Å²) in [6, 6.07) is 6.63. The Balaban J connectivity index is 1.75. The average molecular weight is 235 g/mol. The van der Waals surface area contributed by atoms with Crippen molar-refractivity contribution in [3.63, 3.8) is 0 Å². The first-order chi connectivity index (χ1) is 8.27. The smallest absolute Gasteiger partial charge is 0.286 e. The highest BCUT2D eigenvalue weighted by Crippen LogP contribution is 2.15. The van der Waals surface area contributed by atoms with Crippen molar-refractivity contribution in [1.29, 1.82) is 0 Å². The van der Waals surface area contributed by atoms with Gasteiger partial charge in [0.25, 0.3) is 5.91 Å². The Kier molecular flexibility index (Phi) is 3.62. The Morgan fingerprint density at radius 2 is 2.06 bits per heavy atom. The fourth-order valence-electron chi connectivity index (χ4n) is 1.44. The molecule has 5 heteroatoms. The SMILES string of the molecule is O=C(NCC[C@@H](O)c1ccco1)c1ccco1. The minimum Gasteiger partial charge on any atom is -0.467 e. The topological polar surface area (TPSA) is 75.6 Å². The third kappa shape index (κ3) is 2.98. The van der Waals surface area contributed by atoms with Gasteiger partial charge in [0.05, 0.1) is 12.5 Å². The summed E-state index contributed by atoms with van der Waals surface area (Å²) in [5, 5.41) is 12.3. The molecule has 90 valence electrons. The molecule has 1 amide bonds. The van der Waals surface area contributed by atoms with Gasteiger partial charge in [-0.2, -0.15) is 0 Å². The second-order valence-electron chi connectivity index (χ2n) is 3.55. The fourth-order valence-corrected chi connectivity index (χ4v) is 1.44. The predicted molar refractivity (Wildman–Crippen MR) is 59.3 cm³/mol. The number of nitrogens with one attached hydrogen (secondary N) is 1. The van der Waals surface area contributed by atoms with Crippen LogP contribution >= 0.6 is 0 Å². The van der Waals surface area contributed by atoms with Crippen molar-refractivity contribution in [2.75, 3.05) is 6.54 Å². The lowest BCUT2D eigenvalue weighted by Crippen LogP contribution is -2.25. The van der Waals surface area contributed by atoms with Gasteiger partial charge in [-0.15, -0.1) is 0 Å². The molecule has 2 N–H and O–H groups in total. The zero-order chi connectivity index (χ0) is 12.1. The van der Waals surface area contributed by atoms with Crippen molar-refractivity contribution in [3.8, 4) is 0 Å². The minimum atomic E-state index is -0.707. The highest BCUT2D eigenvalue weighted by molar-refractivity contribution is 5.91. The zero-order valence-corrected chi connectivity index (χ0v) is 9.13. The number of amides is 1. The zero-order valence-electron chi connectivity index (χ0n) is 9.13. The molecule has 2 rings (SSSR count). The number of furan rings is 2. The van der Waals surface area contributed by atoms with Crippen LogP contribution in [-0.4, -0.2) is 17.6 Å². The van der Waals surface area contributed by atoms with Gasteiger partial charge in [0.15, 0.2) is 5.76 Å². The third-order valence-electron chi connectivity index (χ3n) is 2.32. The van der Waals surface area contributed by atoms with Gasteiger partial charge in [0.1, 0.15) is 11.9 Å². The highest BCUT2D eigenvalue weighted by Gasteiger charge is 2.12. The highest BCUT2D eigenvalue weighted by atomic mass is 16.4. The van der Waals surface area contributed by atoms with Crippen LogP contribution in [0.3, 0.4) is 0 Å². The van der Waals surface area contributed by atoms with E-state index in [1.54, 1.807) is 24.3 Å². The standard InChI is InChI=1S/C12H13NO4/c14-9(10-3-1-7-16-10)5-6-13-12(15)11-4-2-8-17-11/h1-4,7-9,14H,5-6H2,(H,13,15)/t9-/m1/s1. The summed E-state index contributed by atoms with van der Waals surface area (Å²) in [5.41, 5.74) is 0. The van der Waals surface area contributed by atoms with Crippen LogP contribution in [0.25, 0.3) is 0 Å². The first-order valence-electron chi connectivity index (χ1n) is 5.30. The van der Waals surface area contributed by atoms with Crippen LogP contribution in [0.5, 0.6) is 0 Å². The van der Waals surface area contributed by atoms with Crippen LogP contribution in [-0.2, 0) is 0 Å². The number of carbonyl (C=O) groups excluding carboxylic acids is 1. The van der Waals surface area contributed by atoms with E-state index in [1.807, 2.05) is 0 Å². The Bertz CT molecular complexity index is 447. The third-order valence-corrected chi connectivity index (χ3v) is 2.32. The number of hydrogen-bond donors (Lipinski definition) is 2.